The number of carboxylic acid groups (broad SMARTS) is 1. The van der Waals surface area contributed by atoms with Crippen LogP contribution in [-0.2, 0) is 4.79 Å². The van der Waals surface area contributed by atoms with E-state index in [4.69, 9.17) is 5.11 Å². The van der Waals surface area contributed by atoms with Crippen molar-refractivity contribution < 1.29 is 9.90 Å². The Morgan fingerprint density at radius 1 is 1.25 bits per heavy atom. The first-order valence-corrected chi connectivity index (χ1v) is 6.52. The Hall–Kier alpha value is -0.570. The molecule has 0 radical (unpaired) electrons. The molecule has 0 aliphatic heterocycles. The van der Waals surface area contributed by atoms with E-state index in [1.54, 1.807) is 0 Å². The summed E-state index contributed by atoms with van der Waals surface area (Å²) in [6.07, 6.45) is 6.23. The summed E-state index contributed by atoms with van der Waals surface area (Å²) in [5.74, 6) is 0.596. The van der Waals surface area contributed by atoms with E-state index in [0.29, 0.717) is 12.3 Å². The number of carboxylic acids is 1. The van der Waals surface area contributed by atoms with Crippen LogP contribution in [0.5, 0.6) is 0 Å². The lowest BCUT2D eigenvalue weighted by atomic mass is 9.80. The van der Waals surface area contributed by atoms with Crippen molar-refractivity contribution in [1.82, 2.24) is 4.90 Å². The molecule has 0 atom stereocenters. The maximum absolute atomic E-state index is 10.6. The monoisotopic (exact) mass is 227 g/mol. The largest absolute Gasteiger partial charge is 0.481 e. The van der Waals surface area contributed by atoms with Crippen LogP contribution in [0.4, 0.5) is 0 Å². The second-order valence-corrected chi connectivity index (χ2v) is 5.25. The average molecular weight is 227 g/mol. The summed E-state index contributed by atoms with van der Waals surface area (Å²) < 4.78 is 0. The highest BCUT2D eigenvalue weighted by molar-refractivity contribution is 5.67. The first-order chi connectivity index (χ1) is 7.61. The van der Waals surface area contributed by atoms with Gasteiger partial charge in [0.1, 0.15) is 0 Å². The van der Waals surface area contributed by atoms with Crippen LogP contribution in [0.3, 0.4) is 0 Å². The topological polar surface area (TPSA) is 40.5 Å². The van der Waals surface area contributed by atoms with Crippen LogP contribution in [0, 0.1) is 11.8 Å². The molecule has 1 rings (SSSR count). The Morgan fingerprint density at radius 2 is 1.81 bits per heavy atom. The van der Waals surface area contributed by atoms with Crippen molar-refractivity contribution in [2.45, 2.75) is 45.4 Å². The maximum Gasteiger partial charge on any atom is 0.303 e. The van der Waals surface area contributed by atoms with Gasteiger partial charge in [-0.15, -0.1) is 0 Å². The van der Waals surface area contributed by atoms with Crippen LogP contribution in [0.15, 0.2) is 0 Å². The van der Waals surface area contributed by atoms with Crippen molar-refractivity contribution >= 4 is 5.97 Å². The Kier molecular flexibility index (Phi) is 5.81. The number of rotatable bonds is 6. The van der Waals surface area contributed by atoms with Gasteiger partial charge in [-0.2, -0.15) is 0 Å². The molecule has 0 aromatic rings. The molecule has 3 nitrogen and oxygen atoms in total. The molecule has 1 N–H and O–H groups in total. The first-order valence-electron chi connectivity index (χ1n) is 6.52. The van der Waals surface area contributed by atoms with Crippen molar-refractivity contribution in [3.05, 3.63) is 0 Å². The van der Waals surface area contributed by atoms with Crippen molar-refractivity contribution in [1.29, 1.82) is 0 Å². The summed E-state index contributed by atoms with van der Waals surface area (Å²) in [5.41, 5.74) is 0. The molecule has 0 aromatic heterocycles. The van der Waals surface area contributed by atoms with Gasteiger partial charge < -0.3 is 10.0 Å². The third kappa shape index (κ3) is 4.97. The summed E-state index contributed by atoms with van der Waals surface area (Å²) >= 11 is 0. The smallest absolute Gasteiger partial charge is 0.303 e. The van der Waals surface area contributed by atoms with E-state index in [0.717, 1.165) is 18.8 Å². The fourth-order valence-electron chi connectivity index (χ4n) is 2.78. The highest BCUT2D eigenvalue weighted by atomic mass is 16.4. The third-order valence-corrected chi connectivity index (χ3v) is 3.60. The molecular weight excluding hydrogens is 202 g/mol. The summed E-state index contributed by atoms with van der Waals surface area (Å²) in [5, 5.41) is 8.74. The lowest BCUT2D eigenvalue weighted by Crippen LogP contribution is -2.29. The lowest BCUT2D eigenvalue weighted by molar-refractivity contribution is -0.138. The van der Waals surface area contributed by atoms with Gasteiger partial charge in [0.25, 0.3) is 0 Å². The number of aliphatic carboxylic acids is 1. The Balaban J connectivity index is 2.18. The maximum atomic E-state index is 10.6. The molecule has 0 amide bonds. The average Bonchev–Trinajstić information content (AvgIpc) is 2.20. The summed E-state index contributed by atoms with van der Waals surface area (Å²) in [7, 11) is 2.19. The van der Waals surface area contributed by atoms with Crippen molar-refractivity contribution in [2.24, 2.45) is 11.8 Å². The minimum atomic E-state index is -0.633. The third-order valence-electron chi connectivity index (χ3n) is 3.60. The normalized spacial score (nSPS) is 25.9. The summed E-state index contributed by atoms with van der Waals surface area (Å²) in [6.45, 7) is 4.57. The molecule has 94 valence electrons. The number of nitrogens with zero attached hydrogens (tertiary/aromatic N) is 1. The molecule has 1 fully saturated rings. The highest BCUT2D eigenvalue weighted by Gasteiger charge is 2.23. The number of carbonyl (C=O) groups is 1. The van der Waals surface area contributed by atoms with Crippen molar-refractivity contribution in [2.75, 3.05) is 20.1 Å². The molecule has 1 aliphatic rings. The molecule has 0 unspecified atom stereocenters. The van der Waals surface area contributed by atoms with E-state index >= 15 is 0 Å². The van der Waals surface area contributed by atoms with Gasteiger partial charge in [0.15, 0.2) is 0 Å². The fourth-order valence-corrected chi connectivity index (χ4v) is 2.78. The van der Waals surface area contributed by atoms with Gasteiger partial charge in [0, 0.05) is 13.0 Å². The highest BCUT2D eigenvalue weighted by Crippen LogP contribution is 2.31. The Bertz CT molecular complexity index is 210. The number of hydrogen-bond donors (Lipinski definition) is 1. The van der Waals surface area contributed by atoms with Crippen LogP contribution >= 0.6 is 0 Å². The van der Waals surface area contributed by atoms with Gasteiger partial charge in [-0.05, 0) is 57.5 Å². The van der Waals surface area contributed by atoms with Crippen LogP contribution in [0.2, 0.25) is 0 Å². The lowest BCUT2D eigenvalue weighted by Gasteiger charge is -2.30. The van der Waals surface area contributed by atoms with Crippen LogP contribution in [-0.4, -0.2) is 36.1 Å². The second kappa shape index (κ2) is 6.89. The summed E-state index contributed by atoms with van der Waals surface area (Å²) in [4.78, 5) is 13.0. The molecule has 0 heterocycles. The van der Waals surface area contributed by atoms with Gasteiger partial charge in [-0.1, -0.05) is 6.92 Å². The van der Waals surface area contributed by atoms with Gasteiger partial charge in [-0.25, -0.2) is 0 Å². The van der Waals surface area contributed by atoms with Crippen molar-refractivity contribution in [3.63, 3.8) is 0 Å². The first kappa shape index (κ1) is 13.5. The quantitative estimate of drug-likeness (QED) is 0.758. The number of hydrogen-bond acceptors (Lipinski definition) is 2. The zero-order chi connectivity index (χ0) is 12.0. The Labute approximate surface area is 98.8 Å². The molecule has 0 saturated heterocycles. The minimum absolute atomic E-state index is 0.373. The van der Waals surface area contributed by atoms with Crippen LogP contribution in [0.25, 0.3) is 0 Å². The van der Waals surface area contributed by atoms with Crippen LogP contribution < -0.4 is 0 Å². The predicted molar refractivity (Wildman–Crippen MR) is 65.5 cm³/mol. The zero-order valence-corrected chi connectivity index (χ0v) is 10.6. The van der Waals surface area contributed by atoms with Gasteiger partial charge in [0.2, 0.25) is 0 Å². The molecule has 1 aliphatic carbocycles. The predicted octanol–water partition coefficient (Wildman–Crippen LogP) is 2.61. The molecule has 3 heteroatoms. The molecule has 0 bridgehead atoms. The van der Waals surface area contributed by atoms with E-state index in [2.05, 4.69) is 18.9 Å². The van der Waals surface area contributed by atoms with Gasteiger partial charge in [-0.3, -0.25) is 4.79 Å². The molecule has 1 saturated carbocycles. The van der Waals surface area contributed by atoms with E-state index in [1.165, 1.54) is 32.4 Å². The van der Waals surface area contributed by atoms with E-state index in [1.807, 2.05) is 0 Å². The fraction of sp³-hybridized carbons (Fsp3) is 0.923. The van der Waals surface area contributed by atoms with Gasteiger partial charge >= 0.3 is 5.97 Å². The second-order valence-electron chi connectivity index (χ2n) is 5.25. The zero-order valence-electron chi connectivity index (χ0n) is 10.6. The molecule has 16 heavy (non-hydrogen) atoms. The van der Waals surface area contributed by atoms with E-state index < -0.39 is 5.97 Å². The van der Waals surface area contributed by atoms with Crippen molar-refractivity contribution in [3.8, 4) is 0 Å². The molecule has 0 aromatic carbocycles. The molecule has 0 spiro atoms. The summed E-state index contributed by atoms with van der Waals surface area (Å²) in [6, 6.07) is 0. The van der Waals surface area contributed by atoms with E-state index in [-0.39, 0.29) is 0 Å². The van der Waals surface area contributed by atoms with Crippen LogP contribution in [0.1, 0.15) is 45.4 Å². The SMILES string of the molecule is CCCN(C)CC1CCC(CC(=O)O)CC1. The van der Waals surface area contributed by atoms with Gasteiger partial charge in [0.05, 0.1) is 0 Å². The molecular formula is C13H25NO2. The van der Waals surface area contributed by atoms with E-state index in [9.17, 15) is 4.79 Å². The Morgan fingerprint density at radius 3 is 2.31 bits per heavy atom. The minimum Gasteiger partial charge on any atom is -0.481 e. The standard InChI is InChI=1S/C13H25NO2/c1-3-8-14(2)10-12-6-4-11(5-7-12)9-13(15)16/h11-12H,3-10H2,1-2H3,(H,15,16).